The predicted octanol–water partition coefficient (Wildman–Crippen LogP) is 4.56. The Bertz CT molecular complexity index is 690. The Labute approximate surface area is 141 Å². The summed E-state index contributed by atoms with van der Waals surface area (Å²) in [5.41, 5.74) is -0.514. The van der Waals surface area contributed by atoms with E-state index in [-0.39, 0.29) is 18.8 Å². The molecule has 0 fully saturated rings. The third kappa shape index (κ3) is 5.66. The summed E-state index contributed by atoms with van der Waals surface area (Å²) in [6, 6.07) is 10.5. The van der Waals surface area contributed by atoms with E-state index in [1.54, 1.807) is 24.3 Å². The van der Waals surface area contributed by atoms with E-state index in [9.17, 15) is 18.0 Å². The molecule has 2 N–H and O–H groups in total. The van der Waals surface area contributed by atoms with E-state index in [0.717, 1.165) is 12.1 Å². The molecule has 2 rings (SSSR count). The quantitative estimate of drug-likeness (QED) is 0.770. The molecule has 2 aromatic carbocycles. The molecule has 128 valence electrons. The van der Waals surface area contributed by atoms with Crippen LogP contribution >= 0.6 is 11.6 Å². The van der Waals surface area contributed by atoms with Crippen molar-refractivity contribution in [1.29, 1.82) is 0 Å². The molecule has 24 heavy (non-hydrogen) atoms. The van der Waals surface area contributed by atoms with Crippen molar-refractivity contribution >= 4 is 23.3 Å². The number of alkyl halides is 3. The van der Waals surface area contributed by atoms with Gasteiger partial charge in [0.2, 0.25) is 0 Å². The van der Waals surface area contributed by atoms with Gasteiger partial charge in [0.05, 0.1) is 12.1 Å². The zero-order chi connectivity index (χ0) is 17.6. The topological polar surface area (TPSA) is 50.4 Å². The lowest BCUT2D eigenvalue weighted by atomic mass is 10.2. The van der Waals surface area contributed by atoms with Crippen LogP contribution in [0.5, 0.6) is 5.75 Å². The van der Waals surface area contributed by atoms with Crippen LogP contribution in [-0.4, -0.2) is 19.2 Å². The molecule has 0 heterocycles. The SMILES string of the molecule is O=C(NCCOc1cccc(Cl)c1)Nc1ccc(C(F)(F)F)cc1. The fourth-order valence-electron chi connectivity index (χ4n) is 1.81. The number of benzene rings is 2. The van der Waals surface area contributed by atoms with Gasteiger partial charge in [0.1, 0.15) is 12.4 Å². The molecule has 0 spiro atoms. The number of amides is 2. The molecule has 2 amide bonds. The van der Waals surface area contributed by atoms with Gasteiger partial charge in [-0.05, 0) is 42.5 Å². The number of hydrogen-bond donors (Lipinski definition) is 2. The molecule has 4 nitrogen and oxygen atoms in total. The number of ether oxygens (including phenoxy) is 1. The maximum atomic E-state index is 12.4. The van der Waals surface area contributed by atoms with Gasteiger partial charge in [-0.2, -0.15) is 13.2 Å². The van der Waals surface area contributed by atoms with Gasteiger partial charge in [0.25, 0.3) is 0 Å². The number of carbonyl (C=O) groups is 1. The maximum absolute atomic E-state index is 12.4. The molecular weight excluding hydrogens is 345 g/mol. The highest BCUT2D eigenvalue weighted by Gasteiger charge is 2.29. The summed E-state index contributed by atoms with van der Waals surface area (Å²) in [4.78, 5) is 11.6. The molecule has 0 unspecified atom stereocenters. The largest absolute Gasteiger partial charge is 0.492 e. The first-order valence-corrected chi connectivity index (χ1v) is 7.33. The lowest BCUT2D eigenvalue weighted by Gasteiger charge is -2.10. The Morgan fingerprint density at radius 3 is 2.46 bits per heavy atom. The third-order valence-electron chi connectivity index (χ3n) is 2.92. The van der Waals surface area contributed by atoms with E-state index in [2.05, 4.69) is 10.6 Å². The molecule has 2 aromatic rings. The van der Waals surface area contributed by atoms with Crippen molar-refractivity contribution in [3.05, 3.63) is 59.1 Å². The smallest absolute Gasteiger partial charge is 0.416 e. The van der Waals surface area contributed by atoms with Crippen molar-refractivity contribution in [2.45, 2.75) is 6.18 Å². The summed E-state index contributed by atoms with van der Waals surface area (Å²) < 4.78 is 42.7. The molecule has 0 saturated carbocycles. The second-order valence-electron chi connectivity index (χ2n) is 4.76. The molecule has 0 aliphatic rings. The van der Waals surface area contributed by atoms with E-state index < -0.39 is 17.8 Å². The molecule has 0 saturated heterocycles. The number of urea groups is 1. The first-order chi connectivity index (χ1) is 11.3. The van der Waals surface area contributed by atoms with Crippen molar-refractivity contribution in [3.8, 4) is 5.75 Å². The van der Waals surface area contributed by atoms with Crippen LogP contribution < -0.4 is 15.4 Å². The van der Waals surface area contributed by atoms with E-state index >= 15 is 0 Å². The molecule has 0 aliphatic heterocycles. The van der Waals surface area contributed by atoms with Crippen molar-refractivity contribution in [3.63, 3.8) is 0 Å². The normalized spacial score (nSPS) is 11.0. The zero-order valence-electron chi connectivity index (χ0n) is 12.4. The Morgan fingerprint density at radius 2 is 1.83 bits per heavy atom. The summed E-state index contributed by atoms with van der Waals surface area (Å²) >= 11 is 5.81. The van der Waals surface area contributed by atoms with Crippen LogP contribution in [0.2, 0.25) is 5.02 Å². The summed E-state index contributed by atoms with van der Waals surface area (Å²) in [7, 11) is 0. The van der Waals surface area contributed by atoms with E-state index in [4.69, 9.17) is 16.3 Å². The van der Waals surface area contributed by atoms with Crippen molar-refractivity contribution in [1.82, 2.24) is 5.32 Å². The first kappa shape index (κ1) is 17.9. The second kappa shape index (κ2) is 7.92. The summed E-state index contributed by atoms with van der Waals surface area (Å²) in [5, 5.41) is 5.51. The van der Waals surface area contributed by atoms with Crippen LogP contribution in [0.15, 0.2) is 48.5 Å². The van der Waals surface area contributed by atoms with Gasteiger partial charge in [0, 0.05) is 10.7 Å². The van der Waals surface area contributed by atoms with Crippen molar-refractivity contribution < 1.29 is 22.7 Å². The van der Waals surface area contributed by atoms with Crippen LogP contribution in [-0.2, 0) is 6.18 Å². The van der Waals surface area contributed by atoms with Gasteiger partial charge in [0.15, 0.2) is 0 Å². The average Bonchev–Trinajstić information content (AvgIpc) is 2.51. The van der Waals surface area contributed by atoms with Gasteiger partial charge in [-0.3, -0.25) is 0 Å². The van der Waals surface area contributed by atoms with E-state index in [0.29, 0.717) is 10.8 Å². The third-order valence-corrected chi connectivity index (χ3v) is 3.16. The lowest BCUT2D eigenvalue weighted by Crippen LogP contribution is -2.32. The number of anilines is 1. The van der Waals surface area contributed by atoms with Gasteiger partial charge >= 0.3 is 12.2 Å². The highest BCUT2D eigenvalue weighted by Crippen LogP contribution is 2.29. The second-order valence-corrected chi connectivity index (χ2v) is 5.20. The number of halogens is 4. The van der Waals surface area contributed by atoms with Crippen LogP contribution in [0, 0.1) is 0 Å². The number of carbonyl (C=O) groups excluding carboxylic acids is 1. The molecule has 0 bridgehead atoms. The number of hydrogen-bond acceptors (Lipinski definition) is 2. The van der Waals surface area contributed by atoms with Crippen molar-refractivity contribution in [2.75, 3.05) is 18.5 Å². The standard InChI is InChI=1S/C16H14ClF3N2O2/c17-12-2-1-3-14(10-12)24-9-8-21-15(23)22-13-6-4-11(5-7-13)16(18,19)20/h1-7,10H,8-9H2,(H2,21,22,23). The zero-order valence-corrected chi connectivity index (χ0v) is 13.1. The maximum Gasteiger partial charge on any atom is 0.416 e. The van der Waals surface area contributed by atoms with Gasteiger partial charge in [-0.15, -0.1) is 0 Å². The van der Waals surface area contributed by atoms with Gasteiger partial charge in [-0.25, -0.2) is 4.79 Å². The number of rotatable bonds is 5. The fourth-order valence-corrected chi connectivity index (χ4v) is 1.99. The summed E-state index contributed by atoms with van der Waals surface area (Å²) in [6.45, 7) is 0.444. The van der Waals surface area contributed by atoms with Crippen LogP contribution in [0.4, 0.5) is 23.7 Å². The van der Waals surface area contributed by atoms with Gasteiger partial charge in [-0.1, -0.05) is 17.7 Å². The Balaban J connectivity index is 1.73. The Morgan fingerprint density at radius 1 is 1.12 bits per heavy atom. The summed E-state index contributed by atoms with van der Waals surface area (Å²) in [6.07, 6.45) is -4.40. The highest BCUT2D eigenvalue weighted by molar-refractivity contribution is 6.30. The van der Waals surface area contributed by atoms with Crippen LogP contribution in [0.1, 0.15) is 5.56 Å². The van der Waals surface area contributed by atoms with Crippen LogP contribution in [0.3, 0.4) is 0 Å². The molecular formula is C16H14ClF3N2O2. The minimum atomic E-state index is -4.40. The van der Waals surface area contributed by atoms with Crippen LogP contribution in [0.25, 0.3) is 0 Å². The highest BCUT2D eigenvalue weighted by atomic mass is 35.5. The molecule has 8 heteroatoms. The monoisotopic (exact) mass is 358 g/mol. The molecule has 0 aromatic heterocycles. The summed E-state index contributed by atoms with van der Waals surface area (Å²) in [5.74, 6) is 0.576. The minimum absolute atomic E-state index is 0.221. The van der Waals surface area contributed by atoms with Gasteiger partial charge < -0.3 is 15.4 Å². The Hall–Kier alpha value is -2.41. The molecule has 0 radical (unpaired) electrons. The number of nitrogens with one attached hydrogen (secondary N) is 2. The fraction of sp³-hybridized carbons (Fsp3) is 0.188. The molecule has 0 atom stereocenters. The first-order valence-electron chi connectivity index (χ1n) is 6.95. The van der Waals surface area contributed by atoms with Crippen molar-refractivity contribution in [2.24, 2.45) is 0 Å². The molecule has 0 aliphatic carbocycles. The average molecular weight is 359 g/mol. The van der Waals surface area contributed by atoms with E-state index in [1.165, 1.54) is 12.1 Å². The van der Waals surface area contributed by atoms with E-state index in [1.807, 2.05) is 0 Å². The lowest BCUT2D eigenvalue weighted by molar-refractivity contribution is -0.137. The Kier molecular flexibility index (Phi) is 5.92. The minimum Gasteiger partial charge on any atom is -0.492 e. The predicted molar refractivity (Wildman–Crippen MR) is 85.4 cm³/mol.